The minimum Gasteiger partial charge on any atom is -0.392 e. The minimum atomic E-state index is -0.333. The van der Waals surface area contributed by atoms with Gasteiger partial charge < -0.3 is 15.0 Å². The van der Waals surface area contributed by atoms with E-state index in [1.165, 1.54) is 0 Å². The van der Waals surface area contributed by atoms with Gasteiger partial charge in [0.2, 0.25) is 0 Å². The van der Waals surface area contributed by atoms with Crippen LogP contribution in [0.1, 0.15) is 30.0 Å². The van der Waals surface area contributed by atoms with Crippen LogP contribution in [-0.4, -0.2) is 51.2 Å². The van der Waals surface area contributed by atoms with Crippen LogP contribution in [0.25, 0.3) is 11.0 Å². The quantitative estimate of drug-likeness (QED) is 0.883. The van der Waals surface area contributed by atoms with Crippen LogP contribution in [0.3, 0.4) is 0 Å². The maximum atomic E-state index is 11.9. The van der Waals surface area contributed by atoms with E-state index >= 15 is 0 Å². The standard InChI is InChI=1S/C16H22N4O2/c1-3-17-16(22)12-4-5-14-13(8-12)18-15-10-19(9-11(2)21)6-7-20(14)15/h4-5,8,11,21H,3,6-7,9-10H2,1-2H3,(H,17,22). The summed E-state index contributed by atoms with van der Waals surface area (Å²) < 4.78 is 2.20. The van der Waals surface area contributed by atoms with Crippen molar-refractivity contribution in [2.75, 3.05) is 19.6 Å². The number of aliphatic hydroxyl groups is 1. The van der Waals surface area contributed by atoms with Crippen molar-refractivity contribution in [3.63, 3.8) is 0 Å². The summed E-state index contributed by atoms with van der Waals surface area (Å²) in [6.07, 6.45) is -0.333. The molecule has 2 aromatic rings. The molecule has 0 spiro atoms. The summed E-state index contributed by atoms with van der Waals surface area (Å²) in [7, 11) is 0. The van der Waals surface area contributed by atoms with Gasteiger partial charge in [-0.1, -0.05) is 0 Å². The third-order valence-electron chi connectivity index (χ3n) is 3.95. The predicted molar refractivity (Wildman–Crippen MR) is 84.7 cm³/mol. The lowest BCUT2D eigenvalue weighted by molar-refractivity contribution is 0.0956. The van der Waals surface area contributed by atoms with E-state index in [0.717, 1.165) is 36.5 Å². The number of nitrogens with one attached hydrogen (secondary N) is 1. The van der Waals surface area contributed by atoms with Crippen molar-refractivity contribution in [1.29, 1.82) is 0 Å². The van der Waals surface area contributed by atoms with Crippen molar-refractivity contribution in [1.82, 2.24) is 19.8 Å². The van der Waals surface area contributed by atoms with Gasteiger partial charge in [-0.3, -0.25) is 9.69 Å². The summed E-state index contributed by atoms with van der Waals surface area (Å²) in [6, 6.07) is 5.68. The number of fused-ring (bicyclic) bond motifs is 3. The van der Waals surface area contributed by atoms with Gasteiger partial charge in [0.15, 0.2) is 0 Å². The van der Waals surface area contributed by atoms with E-state index in [1.54, 1.807) is 6.92 Å². The molecule has 118 valence electrons. The number of aromatic nitrogens is 2. The first-order valence-electron chi connectivity index (χ1n) is 7.76. The molecule has 0 saturated heterocycles. The second-order valence-electron chi connectivity index (χ2n) is 5.83. The Balaban J connectivity index is 1.89. The summed E-state index contributed by atoms with van der Waals surface area (Å²) in [6.45, 7) is 7.48. The third kappa shape index (κ3) is 2.84. The fourth-order valence-electron chi connectivity index (χ4n) is 3.00. The number of amides is 1. The zero-order valence-electron chi connectivity index (χ0n) is 13.0. The number of rotatable bonds is 4. The van der Waals surface area contributed by atoms with Gasteiger partial charge in [0, 0.05) is 31.7 Å². The second kappa shape index (κ2) is 6.06. The molecule has 1 amide bonds. The lowest BCUT2D eigenvalue weighted by atomic mass is 10.2. The largest absolute Gasteiger partial charge is 0.392 e. The zero-order valence-corrected chi connectivity index (χ0v) is 13.0. The Labute approximate surface area is 129 Å². The van der Waals surface area contributed by atoms with Crippen molar-refractivity contribution in [3.05, 3.63) is 29.6 Å². The monoisotopic (exact) mass is 302 g/mol. The number of hydrogen-bond donors (Lipinski definition) is 2. The van der Waals surface area contributed by atoms with Crippen LogP contribution in [-0.2, 0) is 13.1 Å². The molecule has 1 aromatic carbocycles. The Hall–Kier alpha value is -1.92. The van der Waals surface area contributed by atoms with Crippen LogP contribution in [0.4, 0.5) is 0 Å². The first-order chi connectivity index (χ1) is 10.6. The van der Waals surface area contributed by atoms with E-state index in [-0.39, 0.29) is 12.0 Å². The van der Waals surface area contributed by atoms with E-state index in [0.29, 0.717) is 18.7 Å². The highest BCUT2D eigenvalue weighted by atomic mass is 16.3. The molecule has 1 atom stereocenters. The number of carbonyl (C=O) groups is 1. The first kappa shape index (κ1) is 15.0. The number of β-amino-alcohol motifs (C(OH)–C–C–N with tert-alkyl or cyclic N) is 1. The molecule has 0 fully saturated rings. The molecule has 22 heavy (non-hydrogen) atoms. The maximum absolute atomic E-state index is 11.9. The second-order valence-corrected chi connectivity index (χ2v) is 5.83. The summed E-state index contributed by atoms with van der Waals surface area (Å²) >= 11 is 0. The fourth-order valence-corrected chi connectivity index (χ4v) is 3.00. The van der Waals surface area contributed by atoms with Crippen LogP contribution < -0.4 is 5.32 Å². The molecule has 1 aliphatic rings. The molecule has 0 radical (unpaired) electrons. The fraction of sp³-hybridized carbons (Fsp3) is 0.500. The van der Waals surface area contributed by atoms with E-state index in [4.69, 9.17) is 0 Å². The first-order valence-corrected chi connectivity index (χ1v) is 7.76. The van der Waals surface area contributed by atoms with Gasteiger partial charge in [-0.05, 0) is 32.0 Å². The average Bonchev–Trinajstić information content (AvgIpc) is 2.83. The highest BCUT2D eigenvalue weighted by Gasteiger charge is 2.21. The molecule has 1 aromatic heterocycles. The van der Waals surface area contributed by atoms with Crippen molar-refractivity contribution >= 4 is 16.9 Å². The maximum Gasteiger partial charge on any atom is 0.251 e. The van der Waals surface area contributed by atoms with Gasteiger partial charge in [-0.2, -0.15) is 0 Å². The molecule has 3 rings (SSSR count). The predicted octanol–water partition coefficient (Wildman–Crippen LogP) is 0.982. The molecule has 6 heteroatoms. The summed E-state index contributed by atoms with van der Waals surface area (Å²) in [5.74, 6) is 0.932. The third-order valence-corrected chi connectivity index (χ3v) is 3.95. The number of imidazole rings is 1. The van der Waals surface area contributed by atoms with E-state index in [1.807, 2.05) is 25.1 Å². The van der Waals surface area contributed by atoms with Gasteiger partial charge in [0.25, 0.3) is 5.91 Å². The Morgan fingerprint density at radius 1 is 1.45 bits per heavy atom. The number of nitrogens with zero attached hydrogens (tertiary/aromatic N) is 3. The van der Waals surface area contributed by atoms with Crippen LogP contribution in [0.2, 0.25) is 0 Å². The highest BCUT2D eigenvalue weighted by molar-refractivity contribution is 5.97. The van der Waals surface area contributed by atoms with Crippen molar-refractivity contribution < 1.29 is 9.90 Å². The Morgan fingerprint density at radius 2 is 2.27 bits per heavy atom. The molecule has 1 unspecified atom stereocenters. The topological polar surface area (TPSA) is 70.4 Å². The number of benzene rings is 1. The number of aliphatic hydroxyl groups excluding tert-OH is 1. The summed E-state index contributed by atoms with van der Waals surface area (Å²) in [4.78, 5) is 18.8. The van der Waals surface area contributed by atoms with Gasteiger partial charge in [-0.15, -0.1) is 0 Å². The average molecular weight is 302 g/mol. The van der Waals surface area contributed by atoms with Gasteiger partial charge >= 0.3 is 0 Å². The smallest absolute Gasteiger partial charge is 0.251 e. The van der Waals surface area contributed by atoms with E-state index in [9.17, 15) is 9.90 Å². The number of hydrogen-bond acceptors (Lipinski definition) is 4. The SMILES string of the molecule is CCNC(=O)c1ccc2c(c1)nc1n2CCN(CC(C)O)C1. The lowest BCUT2D eigenvalue weighted by Gasteiger charge is -2.28. The van der Waals surface area contributed by atoms with Gasteiger partial charge in [0.05, 0.1) is 23.7 Å². The molecular weight excluding hydrogens is 280 g/mol. The summed E-state index contributed by atoms with van der Waals surface area (Å²) in [5, 5.41) is 12.3. The van der Waals surface area contributed by atoms with Gasteiger partial charge in [0.1, 0.15) is 5.82 Å². The van der Waals surface area contributed by atoms with Crippen molar-refractivity contribution in [3.8, 4) is 0 Å². The molecule has 6 nitrogen and oxygen atoms in total. The Kier molecular flexibility index (Phi) is 4.13. The van der Waals surface area contributed by atoms with Crippen LogP contribution in [0.15, 0.2) is 18.2 Å². The van der Waals surface area contributed by atoms with Crippen molar-refractivity contribution in [2.24, 2.45) is 0 Å². The van der Waals surface area contributed by atoms with Crippen LogP contribution >= 0.6 is 0 Å². The Morgan fingerprint density at radius 3 is 3.00 bits per heavy atom. The normalized spacial score (nSPS) is 16.5. The van der Waals surface area contributed by atoms with Gasteiger partial charge in [-0.25, -0.2) is 4.98 Å². The van der Waals surface area contributed by atoms with Crippen molar-refractivity contribution in [2.45, 2.75) is 33.0 Å². The number of carbonyl (C=O) groups excluding carboxylic acids is 1. The van der Waals surface area contributed by atoms with Crippen LogP contribution in [0, 0.1) is 0 Å². The zero-order chi connectivity index (χ0) is 15.7. The lowest BCUT2D eigenvalue weighted by Crippen LogP contribution is -2.37. The molecule has 2 heterocycles. The molecule has 0 aliphatic carbocycles. The minimum absolute atomic E-state index is 0.0638. The highest BCUT2D eigenvalue weighted by Crippen LogP contribution is 2.22. The molecule has 1 aliphatic heterocycles. The Bertz CT molecular complexity index is 693. The molecule has 2 N–H and O–H groups in total. The van der Waals surface area contributed by atoms with E-state index in [2.05, 4.69) is 19.8 Å². The molecular formula is C16H22N4O2. The summed E-state index contributed by atoms with van der Waals surface area (Å²) in [5.41, 5.74) is 2.57. The molecule has 0 bridgehead atoms. The molecule has 0 saturated carbocycles. The van der Waals surface area contributed by atoms with Crippen LogP contribution in [0.5, 0.6) is 0 Å². The van der Waals surface area contributed by atoms with E-state index < -0.39 is 0 Å².